The van der Waals surface area contributed by atoms with E-state index in [-0.39, 0.29) is 6.10 Å². The number of ether oxygens (including phenoxy) is 2. The molecule has 2 aliphatic carbocycles. The van der Waals surface area contributed by atoms with Crippen LogP contribution in [0.4, 0.5) is 0 Å². The standard InChI is InChI=1S/C16H26O5/c1-15(2,20-12-8-4-3-5-9-12)21-14(19)16(13(17)18)10-6-7-11-16/h12H,3-11H2,1-2H3,(H,17,18). The third kappa shape index (κ3) is 3.76. The monoisotopic (exact) mass is 298 g/mol. The third-order valence-corrected chi connectivity index (χ3v) is 4.60. The van der Waals surface area contributed by atoms with Gasteiger partial charge in [-0.3, -0.25) is 9.59 Å². The van der Waals surface area contributed by atoms with Crippen LogP contribution in [0.15, 0.2) is 0 Å². The number of rotatable bonds is 5. The van der Waals surface area contributed by atoms with Crippen molar-refractivity contribution in [1.82, 2.24) is 0 Å². The average molecular weight is 298 g/mol. The van der Waals surface area contributed by atoms with E-state index in [0.29, 0.717) is 12.8 Å². The van der Waals surface area contributed by atoms with Crippen LogP contribution < -0.4 is 0 Å². The van der Waals surface area contributed by atoms with Crippen LogP contribution in [0.1, 0.15) is 71.6 Å². The van der Waals surface area contributed by atoms with E-state index in [1.807, 2.05) is 0 Å². The fraction of sp³-hybridized carbons (Fsp3) is 0.875. The number of carboxylic acids is 1. The summed E-state index contributed by atoms with van der Waals surface area (Å²) in [5, 5.41) is 9.41. The molecule has 5 nitrogen and oxygen atoms in total. The molecule has 0 spiro atoms. The van der Waals surface area contributed by atoms with Crippen LogP contribution in [0, 0.1) is 5.41 Å². The Morgan fingerprint density at radius 1 is 1.05 bits per heavy atom. The number of carbonyl (C=O) groups is 2. The summed E-state index contributed by atoms with van der Waals surface area (Å²) >= 11 is 0. The van der Waals surface area contributed by atoms with E-state index in [2.05, 4.69) is 0 Å². The second-order valence-corrected chi connectivity index (χ2v) is 6.76. The summed E-state index contributed by atoms with van der Waals surface area (Å²) in [6, 6.07) is 0. The predicted octanol–water partition coefficient (Wildman–Crippen LogP) is 3.26. The molecule has 2 saturated carbocycles. The molecular weight excluding hydrogens is 272 g/mol. The highest BCUT2D eigenvalue weighted by Gasteiger charge is 2.51. The van der Waals surface area contributed by atoms with Gasteiger partial charge in [0.25, 0.3) is 0 Å². The fourth-order valence-electron chi connectivity index (χ4n) is 3.41. The lowest BCUT2D eigenvalue weighted by molar-refractivity contribution is -0.243. The summed E-state index contributed by atoms with van der Waals surface area (Å²) in [5.74, 6) is -2.78. The molecule has 0 atom stereocenters. The van der Waals surface area contributed by atoms with Crippen molar-refractivity contribution in [2.75, 3.05) is 0 Å². The average Bonchev–Trinajstić information content (AvgIpc) is 2.89. The first-order chi connectivity index (χ1) is 9.86. The zero-order valence-electron chi connectivity index (χ0n) is 13.0. The maximum absolute atomic E-state index is 12.4. The van der Waals surface area contributed by atoms with Gasteiger partial charge in [0.05, 0.1) is 6.10 Å². The van der Waals surface area contributed by atoms with Gasteiger partial charge in [-0.25, -0.2) is 0 Å². The maximum atomic E-state index is 12.4. The Hall–Kier alpha value is -1.10. The summed E-state index contributed by atoms with van der Waals surface area (Å²) in [6.07, 6.45) is 7.78. The van der Waals surface area contributed by atoms with Crippen molar-refractivity contribution in [3.8, 4) is 0 Å². The highest BCUT2D eigenvalue weighted by Crippen LogP contribution is 2.41. The first kappa shape index (κ1) is 16.3. The molecule has 2 fully saturated rings. The Bertz CT molecular complexity index is 389. The zero-order chi connectivity index (χ0) is 15.5. The smallest absolute Gasteiger partial charge is 0.325 e. The van der Waals surface area contributed by atoms with Gasteiger partial charge in [0, 0.05) is 13.8 Å². The minimum absolute atomic E-state index is 0.103. The SMILES string of the molecule is CC(C)(OC(=O)C1(C(=O)O)CCCC1)OC1CCCCC1. The Labute approximate surface area is 126 Å². The molecule has 0 saturated heterocycles. The van der Waals surface area contributed by atoms with Gasteiger partial charge >= 0.3 is 11.9 Å². The van der Waals surface area contributed by atoms with E-state index in [9.17, 15) is 14.7 Å². The lowest BCUT2D eigenvalue weighted by Gasteiger charge is -2.34. The Balaban J connectivity index is 1.97. The van der Waals surface area contributed by atoms with Crippen LogP contribution in [0.3, 0.4) is 0 Å². The summed E-state index contributed by atoms with van der Waals surface area (Å²) in [4.78, 5) is 23.9. The van der Waals surface area contributed by atoms with Gasteiger partial charge in [-0.1, -0.05) is 32.1 Å². The molecule has 0 aromatic heterocycles. The van der Waals surface area contributed by atoms with Crippen molar-refractivity contribution < 1.29 is 24.2 Å². The van der Waals surface area contributed by atoms with E-state index in [4.69, 9.17) is 9.47 Å². The van der Waals surface area contributed by atoms with E-state index in [0.717, 1.165) is 38.5 Å². The molecule has 0 amide bonds. The predicted molar refractivity (Wildman–Crippen MR) is 76.7 cm³/mol. The molecule has 5 heteroatoms. The molecule has 0 aliphatic heterocycles. The van der Waals surface area contributed by atoms with Crippen LogP contribution in [-0.4, -0.2) is 28.9 Å². The summed E-state index contributed by atoms with van der Waals surface area (Å²) in [7, 11) is 0. The van der Waals surface area contributed by atoms with Crippen molar-refractivity contribution in [2.24, 2.45) is 5.41 Å². The van der Waals surface area contributed by atoms with Gasteiger partial charge in [-0.2, -0.15) is 0 Å². The van der Waals surface area contributed by atoms with Gasteiger partial charge in [-0.05, 0) is 25.7 Å². The number of hydrogen-bond donors (Lipinski definition) is 1. The van der Waals surface area contributed by atoms with Crippen molar-refractivity contribution in [2.45, 2.75) is 83.5 Å². The molecule has 0 aromatic carbocycles. The van der Waals surface area contributed by atoms with Gasteiger partial charge in [-0.15, -0.1) is 0 Å². The largest absolute Gasteiger partial charge is 0.480 e. The van der Waals surface area contributed by atoms with Crippen LogP contribution in [0.25, 0.3) is 0 Å². The summed E-state index contributed by atoms with van der Waals surface area (Å²) in [5.41, 5.74) is -1.37. The Morgan fingerprint density at radius 3 is 2.14 bits per heavy atom. The number of esters is 1. The first-order valence-corrected chi connectivity index (χ1v) is 8.00. The Morgan fingerprint density at radius 2 is 1.62 bits per heavy atom. The van der Waals surface area contributed by atoms with E-state index < -0.39 is 23.1 Å². The molecule has 120 valence electrons. The van der Waals surface area contributed by atoms with E-state index >= 15 is 0 Å². The van der Waals surface area contributed by atoms with E-state index in [1.165, 1.54) is 6.42 Å². The van der Waals surface area contributed by atoms with E-state index in [1.54, 1.807) is 13.8 Å². The molecule has 2 rings (SSSR count). The number of carbonyl (C=O) groups excluding carboxylic acids is 1. The topological polar surface area (TPSA) is 72.8 Å². The normalized spacial score (nSPS) is 23.0. The minimum Gasteiger partial charge on any atom is -0.480 e. The maximum Gasteiger partial charge on any atom is 0.325 e. The highest BCUT2D eigenvalue weighted by molar-refractivity contribution is 5.99. The molecule has 1 N–H and O–H groups in total. The molecule has 0 heterocycles. The van der Waals surface area contributed by atoms with Crippen molar-refractivity contribution in [3.05, 3.63) is 0 Å². The molecule has 0 unspecified atom stereocenters. The quantitative estimate of drug-likeness (QED) is 0.479. The molecule has 21 heavy (non-hydrogen) atoms. The molecule has 0 bridgehead atoms. The van der Waals surface area contributed by atoms with Gasteiger partial charge in [0.1, 0.15) is 0 Å². The number of carboxylic acid groups (broad SMARTS) is 1. The van der Waals surface area contributed by atoms with Gasteiger partial charge < -0.3 is 14.6 Å². The summed E-state index contributed by atoms with van der Waals surface area (Å²) < 4.78 is 11.3. The molecule has 2 aliphatic rings. The second kappa shape index (κ2) is 6.34. The lowest BCUT2D eigenvalue weighted by atomic mass is 9.86. The van der Waals surface area contributed by atoms with Crippen LogP contribution in [-0.2, 0) is 19.1 Å². The molecule has 0 radical (unpaired) electrons. The van der Waals surface area contributed by atoms with Crippen LogP contribution in [0.5, 0.6) is 0 Å². The van der Waals surface area contributed by atoms with Crippen molar-refractivity contribution in [3.63, 3.8) is 0 Å². The lowest BCUT2D eigenvalue weighted by Crippen LogP contribution is -2.44. The number of hydrogen-bond acceptors (Lipinski definition) is 4. The van der Waals surface area contributed by atoms with Crippen molar-refractivity contribution >= 4 is 11.9 Å². The Kier molecular flexibility index (Phi) is 4.91. The second-order valence-electron chi connectivity index (χ2n) is 6.76. The van der Waals surface area contributed by atoms with Crippen LogP contribution in [0.2, 0.25) is 0 Å². The highest BCUT2D eigenvalue weighted by atomic mass is 16.7. The van der Waals surface area contributed by atoms with Crippen LogP contribution >= 0.6 is 0 Å². The molecule has 0 aromatic rings. The zero-order valence-corrected chi connectivity index (χ0v) is 13.0. The molecular formula is C16H26O5. The first-order valence-electron chi connectivity index (χ1n) is 8.00. The third-order valence-electron chi connectivity index (χ3n) is 4.60. The minimum atomic E-state index is -1.37. The summed E-state index contributed by atoms with van der Waals surface area (Å²) in [6.45, 7) is 3.40. The van der Waals surface area contributed by atoms with Gasteiger partial charge in [0.2, 0.25) is 5.79 Å². The fourth-order valence-corrected chi connectivity index (χ4v) is 3.41. The van der Waals surface area contributed by atoms with Gasteiger partial charge in [0.15, 0.2) is 5.41 Å². The number of aliphatic carboxylic acids is 1. The van der Waals surface area contributed by atoms with Crippen molar-refractivity contribution in [1.29, 1.82) is 0 Å².